The fourth-order valence-corrected chi connectivity index (χ4v) is 3.06. The van der Waals surface area contributed by atoms with E-state index in [9.17, 15) is 4.39 Å². The number of rotatable bonds is 8. The van der Waals surface area contributed by atoms with Crippen molar-refractivity contribution in [1.29, 1.82) is 0 Å². The Morgan fingerprint density at radius 1 is 0.964 bits per heavy atom. The number of aromatic nitrogens is 2. The summed E-state index contributed by atoms with van der Waals surface area (Å²) in [7, 11) is 0. The van der Waals surface area contributed by atoms with Crippen molar-refractivity contribution in [3.63, 3.8) is 0 Å². The van der Waals surface area contributed by atoms with Crippen LogP contribution in [-0.4, -0.2) is 22.6 Å². The molecule has 3 aromatic rings. The molecule has 0 unspecified atom stereocenters. The normalized spacial score (nSPS) is 10.9. The first kappa shape index (κ1) is 19.8. The summed E-state index contributed by atoms with van der Waals surface area (Å²) in [6, 6.07) is 19.3. The molecule has 0 radical (unpaired) electrons. The zero-order valence-corrected chi connectivity index (χ0v) is 16.7. The summed E-state index contributed by atoms with van der Waals surface area (Å²) in [5, 5.41) is 3.30. The molecule has 0 fully saturated rings. The second-order valence-corrected chi connectivity index (χ2v) is 7.20. The van der Waals surface area contributed by atoms with Gasteiger partial charge >= 0.3 is 0 Å². The van der Waals surface area contributed by atoms with Crippen LogP contribution in [0.2, 0.25) is 0 Å². The number of aryl methyl sites for hydroxylation is 1. The van der Waals surface area contributed by atoms with E-state index in [1.807, 2.05) is 19.1 Å². The van der Waals surface area contributed by atoms with Crippen molar-refractivity contribution in [3.05, 3.63) is 83.3 Å². The number of hydrogen-bond acceptors (Lipinski definition) is 4. The van der Waals surface area contributed by atoms with Gasteiger partial charge in [-0.05, 0) is 50.5 Å². The molecule has 1 N–H and O–H groups in total. The molecule has 28 heavy (non-hydrogen) atoms. The Hall–Kier alpha value is -2.95. The molecule has 2 aromatic carbocycles. The van der Waals surface area contributed by atoms with Gasteiger partial charge in [0.05, 0.1) is 0 Å². The number of nitrogens with one attached hydrogen (secondary N) is 1. The van der Waals surface area contributed by atoms with E-state index in [2.05, 4.69) is 53.3 Å². The summed E-state index contributed by atoms with van der Waals surface area (Å²) in [5.41, 5.74) is 3.25. The average Bonchev–Trinajstić information content (AvgIpc) is 2.68. The van der Waals surface area contributed by atoms with Crippen LogP contribution in [0.5, 0.6) is 0 Å². The topological polar surface area (TPSA) is 41.1 Å². The Balaban J connectivity index is 1.70. The fourth-order valence-electron chi connectivity index (χ4n) is 3.06. The van der Waals surface area contributed by atoms with Crippen molar-refractivity contribution in [1.82, 2.24) is 9.97 Å². The van der Waals surface area contributed by atoms with Gasteiger partial charge in [0, 0.05) is 30.9 Å². The van der Waals surface area contributed by atoms with Crippen LogP contribution in [0.25, 0.3) is 0 Å². The summed E-state index contributed by atoms with van der Waals surface area (Å²) >= 11 is 0. The van der Waals surface area contributed by atoms with Gasteiger partial charge in [-0.2, -0.15) is 4.98 Å². The van der Waals surface area contributed by atoms with E-state index in [1.54, 1.807) is 12.1 Å². The lowest BCUT2D eigenvalue weighted by Gasteiger charge is -2.28. The maximum absolute atomic E-state index is 13.0. The molecule has 5 heteroatoms. The molecule has 0 amide bonds. The van der Waals surface area contributed by atoms with Crippen molar-refractivity contribution < 1.29 is 4.39 Å². The highest BCUT2D eigenvalue weighted by Crippen LogP contribution is 2.20. The summed E-state index contributed by atoms with van der Waals surface area (Å²) in [4.78, 5) is 11.5. The van der Waals surface area contributed by atoms with Crippen molar-refractivity contribution in [2.45, 2.75) is 39.8 Å². The third-order valence-electron chi connectivity index (χ3n) is 4.56. The number of benzene rings is 2. The van der Waals surface area contributed by atoms with Crippen molar-refractivity contribution in [2.24, 2.45) is 0 Å². The molecule has 1 aromatic heterocycles. The van der Waals surface area contributed by atoms with Gasteiger partial charge in [-0.1, -0.05) is 42.5 Å². The van der Waals surface area contributed by atoms with E-state index < -0.39 is 0 Å². The SMILES string of the molecule is Cc1cc(N(Cc2ccccc2)C(C)C)nc(NCCc2ccc(F)cc2)n1. The van der Waals surface area contributed by atoms with Gasteiger partial charge in [0.1, 0.15) is 11.6 Å². The molecule has 0 saturated heterocycles. The Morgan fingerprint density at radius 3 is 2.36 bits per heavy atom. The van der Waals surface area contributed by atoms with E-state index >= 15 is 0 Å². The second kappa shape index (κ2) is 9.31. The minimum absolute atomic E-state index is 0.212. The number of hydrogen-bond donors (Lipinski definition) is 1. The largest absolute Gasteiger partial charge is 0.354 e. The maximum Gasteiger partial charge on any atom is 0.224 e. The predicted molar refractivity (Wildman–Crippen MR) is 113 cm³/mol. The van der Waals surface area contributed by atoms with Gasteiger partial charge < -0.3 is 10.2 Å². The van der Waals surface area contributed by atoms with Crippen molar-refractivity contribution in [2.75, 3.05) is 16.8 Å². The Labute approximate surface area is 166 Å². The van der Waals surface area contributed by atoms with Gasteiger partial charge in [0.2, 0.25) is 5.95 Å². The highest BCUT2D eigenvalue weighted by Gasteiger charge is 2.14. The summed E-state index contributed by atoms with van der Waals surface area (Å²) in [6.07, 6.45) is 0.783. The van der Waals surface area contributed by atoms with Crippen LogP contribution in [-0.2, 0) is 13.0 Å². The molecule has 0 saturated carbocycles. The maximum atomic E-state index is 13.0. The summed E-state index contributed by atoms with van der Waals surface area (Å²) < 4.78 is 13.0. The zero-order valence-electron chi connectivity index (χ0n) is 16.7. The van der Waals surface area contributed by atoms with Crippen LogP contribution in [0.3, 0.4) is 0 Å². The van der Waals surface area contributed by atoms with Crippen molar-refractivity contribution in [3.8, 4) is 0 Å². The molecular formula is C23H27FN4. The quantitative estimate of drug-likeness (QED) is 0.599. The van der Waals surface area contributed by atoms with E-state index in [4.69, 9.17) is 4.98 Å². The first-order valence-electron chi connectivity index (χ1n) is 9.66. The highest BCUT2D eigenvalue weighted by atomic mass is 19.1. The van der Waals surface area contributed by atoms with Crippen LogP contribution >= 0.6 is 0 Å². The van der Waals surface area contributed by atoms with Gasteiger partial charge in [0.25, 0.3) is 0 Å². The lowest BCUT2D eigenvalue weighted by atomic mass is 10.1. The average molecular weight is 378 g/mol. The number of anilines is 2. The molecule has 0 atom stereocenters. The Kier molecular flexibility index (Phi) is 6.58. The van der Waals surface area contributed by atoms with Crippen molar-refractivity contribution >= 4 is 11.8 Å². The standard InChI is InChI=1S/C23H27FN4/c1-17(2)28(16-20-7-5-4-6-8-20)22-15-18(3)26-23(27-22)25-14-13-19-9-11-21(24)12-10-19/h4-12,15,17H,13-14,16H2,1-3H3,(H,25,26,27). The monoisotopic (exact) mass is 378 g/mol. The van der Waals surface area contributed by atoms with Crippen LogP contribution in [0.15, 0.2) is 60.7 Å². The second-order valence-electron chi connectivity index (χ2n) is 7.20. The third kappa shape index (κ3) is 5.52. The first-order chi connectivity index (χ1) is 13.5. The third-order valence-corrected chi connectivity index (χ3v) is 4.56. The lowest BCUT2D eigenvalue weighted by molar-refractivity contribution is 0.627. The molecular weight excluding hydrogens is 351 g/mol. The molecule has 0 bridgehead atoms. The molecule has 1 heterocycles. The smallest absolute Gasteiger partial charge is 0.224 e. The van der Waals surface area contributed by atoms with Gasteiger partial charge in [-0.25, -0.2) is 9.37 Å². The van der Waals surface area contributed by atoms with Gasteiger partial charge in [-0.3, -0.25) is 0 Å². The molecule has 4 nitrogen and oxygen atoms in total. The van der Waals surface area contributed by atoms with Crippen LogP contribution < -0.4 is 10.2 Å². The Morgan fingerprint density at radius 2 is 1.68 bits per heavy atom. The van der Waals surface area contributed by atoms with Crippen LogP contribution in [0.1, 0.15) is 30.7 Å². The fraction of sp³-hybridized carbons (Fsp3) is 0.304. The molecule has 0 aliphatic carbocycles. The number of nitrogens with zero attached hydrogens (tertiary/aromatic N) is 3. The lowest BCUT2D eigenvalue weighted by Crippen LogP contribution is -2.31. The Bertz CT molecular complexity index is 879. The highest BCUT2D eigenvalue weighted by molar-refractivity contribution is 5.46. The number of halogens is 1. The minimum atomic E-state index is -0.212. The zero-order chi connectivity index (χ0) is 19.9. The summed E-state index contributed by atoms with van der Waals surface area (Å²) in [5.74, 6) is 1.32. The molecule has 0 aliphatic heterocycles. The molecule has 3 rings (SSSR count). The van der Waals surface area contributed by atoms with Crippen LogP contribution in [0.4, 0.5) is 16.2 Å². The van der Waals surface area contributed by atoms with Crippen LogP contribution in [0, 0.1) is 12.7 Å². The van der Waals surface area contributed by atoms with Gasteiger partial charge in [-0.15, -0.1) is 0 Å². The minimum Gasteiger partial charge on any atom is -0.354 e. The molecule has 146 valence electrons. The van der Waals surface area contributed by atoms with E-state index in [1.165, 1.54) is 17.7 Å². The van der Waals surface area contributed by atoms with E-state index in [-0.39, 0.29) is 5.82 Å². The predicted octanol–water partition coefficient (Wildman–Crippen LogP) is 4.99. The molecule has 0 aliphatic rings. The van der Waals surface area contributed by atoms with Gasteiger partial charge in [0.15, 0.2) is 0 Å². The van der Waals surface area contributed by atoms with E-state index in [0.717, 1.165) is 30.0 Å². The first-order valence-corrected chi connectivity index (χ1v) is 9.66. The molecule has 0 spiro atoms. The van der Waals surface area contributed by atoms with E-state index in [0.29, 0.717) is 18.5 Å². The summed E-state index contributed by atoms with van der Waals surface area (Å²) in [6.45, 7) is 7.81.